The third-order valence-corrected chi connectivity index (χ3v) is 6.98. The highest BCUT2D eigenvalue weighted by Gasteiger charge is 2.25. The maximum atomic E-state index is 13.1. The van der Waals surface area contributed by atoms with E-state index in [-0.39, 0.29) is 5.91 Å². The summed E-state index contributed by atoms with van der Waals surface area (Å²) in [6.45, 7) is 10.3. The van der Waals surface area contributed by atoms with Crippen LogP contribution < -0.4 is 14.8 Å². The number of anilines is 1. The average molecular weight is 388 g/mol. The summed E-state index contributed by atoms with van der Waals surface area (Å²) >= 11 is 0. The number of hydrogen-bond acceptors (Lipinski definition) is 4. The second-order valence-corrected chi connectivity index (χ2v) is 8.49. The number of nitrogens with one attached hydrogen (secondary N) is 2. The fourth-order valence-electron chi connectivity index (χ4n) is 3.39. The molecule has 1 aliphatic heterocycles. The first-order valence-electron chi connectivity index (χ1n) is 8.78. The first-order chi connectivity index (χ1) is 12.6. The summed E-state index contributed by atoms with van der Waals surface area (Å²) in [6.07, 6.45) is 0. The molecular formula is C20H24N2O4S. The third-order valence-electron chi connectivity index (χ3n) is 5.32. The minimum atomic E-state index is -3.81. The van der Waals surface area contributed by atoms with Gasteiger partial charge in [-0.05, 0) is 80.6 Å². The molecule has 2 aromatic rings. The molecule has 1 amide bonds. The van der Waals surface area contributed by atoms with Crippen LogP contribution in [0.4, 0.5) is 5.69 Å². The Labute approximate surface area is 160 Å². The van der Waals surface area contributed by atoms with Crippen LogP contribution in [0.15, 0.2) is 23.1 Å². The van der Waals surface area contributed by atoms with Crippen molar-refractivity contribution in [3.63, 3.8) is 0 Å². The zero-order valence-electron chi connectivity index (χ0n) is 16.2. The molecule has 0 bridgehead atoms. The molecule has 6 nitrogen and oxygen atoms in total. The number of hydrogen-bond donors (Lipinski definition) is 2. The van der Waals surface area contributed by atoms with Crippen LogP contribution >= 0.6 is 0 Å². The van der Waals surface area contributed by atoms with Crippen molar-refractivity contribution in [2.24, 2.45) is 0 Å². The van der Waals surface area contributed by atoms with E-state index in [0.717, 1.165) is 27.8 Å². The second-order valence-electron chi connectivity index (χ2n) is 6.87. The molecule has 0 saturated heterocycles. The van der Waals surface area contributed by atoms with Crippen LogP contribution in [0.5, 0.6) is 5.75 Å². The van der Waals surface area contributed by atoms with Crippen LogP contribution in [0, 0.1) is 34.6 Å². The Hall–Kier alpha value is -2.54. The molecule has 0 unspecified atom stereocenters. The largest absolute Gasteiger partial charge is 0.491 e. The van der Waals surface area contributed by atoms with Gasteiger partial charge in [0, 0.05) is 5.69 Å². The van der Waals surface area contributed by atoms with E-state index >= 15 is 0 Å². The van der Waals surface area contributed by atoms with Crippen LogP contribution in [0.25, 0.3) is 0 Å². The highest BCUT2D eigenvalue weighted by atomic mass is 32.2. The van der Waals surface area contributed by atoms with Gasteiger partial charge in [0.1, 0.15) is 12.4 Å². The van der Waals surface area contributed by atoms with E-state index in [9.17, 15) is 13.2 Å². The Kier molecular flexibility index (Phi) is 4.90. The lowest BCUT2D eigenvalue weighted by atomic mass is 9.95. The average Bonchev–Trinajstić information content (AvgIpc) is 2.79. The molecule has 144 valence electrons. The molecule has 0 aliphatic carbocycles. The number of carbonyl (C=O) groups is 1. The van der Waals surface area contributed by atoms with E-state index in [1.807, 2.05) is 34.6 Å². The van der Waals surface area contributed by atoms with Gasteiger partial charge >= 0.3 is 0 Å². The van der Waals surface area contributed by atoms with Crippen molar-refractivity contribution in [1.29, 1.82) is 0 Å². The minimum Gasteiger partial charge on any atom is -0.491 e. The van der Waals surface area contributed by atoms with Gasteiger partial charge in [-0.3, -0.25) is 9.52 Å². The summed E-state index contributed by atoms with van der Waals surface area (Å²) in [5.41, 5.74) is 5.14. The number of carbonyl (C=O) groups excluding carboxylic acids is 1. The number of ether oxygens (including phenoxy) is 1. The molecule has 2 aromatic carbocycles. The smallest absolute Gasteiger partial charge is 0.262 e. The molecule has 2 N–H and O–H groups in total. The molecule has 0 fully saturated rings. The lowest BCUT2D eigenvalue weighted by molar-refractivity contribution is 0.0957. The molecule has 0 atom stereocenters. The lowest BCUT2D eigenvalue weighted by Gasteiger charge is -2.19. The fourth-order valence-corrected chi connectivity index (χ4v) is 5.04. The number of fused-ring (bicyclic) bond motifs is 1. The minimum absolute atomic E-state index is 0.280. The van der Waals surface area contributed by atoms with Crippen molar-refractivity contribution in [3.05, 3.63) is 51.6 Å². The second kappa shape index (κ2) is 6.88. The molecule has 1 heterocycles. The molecule has 27 heavy (non-hydrogen) atoms. The maximum Gasteiger partial charge on any atom is 0.262 e. The zero-order chi connectivity index (χ0) is 19.9. The van der Waals surface area contributed by atoms with E-state index in [0.29, 0.717) is 35.0 Å². The number of rotatable bonds is 3. The summed E-state index contributed by atoms with van der Waals surface area (Å²) in [7, 11) is -3.81. The first kappa shape index (κ1) is 19.2. The van der Waals surface area contributed by atoms with Gasteiger partial charge in [-0.2, -0.15) is 0 Å². The van der Waals surface area contributed by atoms with Gasteiger partial charge in [0.2, 0.25) is 0 Å². The van der Waals surface area contributed by atoms with Crippen molar-refractivity contribution in [3.8, 4) is 5.75 Å². The maximum absolute atomic E-state index is 13.1. The zero-order valence-corrected chi connectivity index (χ0v) is 17.0. The van der Waals surface area contributed by atoms with Crippen LogP contribution in [-0.2, 0) is 10.0 Å². The van der Waals surface area contributed by atoms with Gasteiger partial charge < -0.3 is 10.1 Å². The van der Waals surface area contributed by atoms with E-state index in [2.05, 4.69) is 10.0 Å². The third kappa shape index (κ3) is 3.39. The Morgan fingerprint density at radius 3 is 2.19 bits per heavy atom. The first-order valence-corrected chi connectivity index (χ1v) is 10.3. The topological polar surface area (TPSA) is 84.5 Å². The molecule has 3 rings (SSSR count). The predicted octanol–water partition coefficient (Wildman–Crippen LogP) is 3.15. The van der Waals surface area contributed by atoms with Crippen molar-refractivity contribution in [2.45, 2.75) is 39.5 Å². The van der Waals surface area contributed by atoms with Crippen LogP contribution in [0.1, 0.15) is 38.2 Å². The van der Waals surface area contributed by atoms with Gasteiger partial charge in [0.05, 0.1) is 17.0 Å². The molecule has 0 aromatic heterocycles. The highest BCUT2D eigenvalue weighted by Crippen LogP contribution is 2.32. The van der Waals surface area contributed by atoms with Crippen molar-refractivity contribution >= 4 is 21.6 Å². The number of benzene rings is 2. The van der Waals surface area contributed by atoms with Crippen molar-refractivity contribution in [1.82, 2.24) is 5.32 Å². The molecule has 0 radical (unpaired) electrons. The van der Waals surface area contributed by atoms with E-state index in [4.69, 9.17) is 4.74 Å². The number of sulfonamides is 1. The SMILES string of the molecule is Cc1c(C)c(C)c(S(=O)(=O)Nc2ccc3c(c2)C(=O)NCCO3)c(C)c1C. The van der Waals surface area contributed by atoms with Gasteiger partial charge in [-0.1, -0.05) is 0 Å². The lowest BCUT2D eigenvalue weighted by Crippen LogP contribution is -2.24. The normalized spacial score (nSPS) is 14.0. The fraction of sp³-hybridized carbons (Fsp3) is 0.350. The summed E-state index contributed by atoms with van der Waals surface area (Å²) in [5.74, 6) is 0.167. The summed E-state index contributed by atoms with van der Waals surface area (Å²) in [5, 5.41) is 2.72. The molecule has 0 saturated carbocycles. The van der Waals surface area contributed by atoms with Gasteiger partial charge in [0.25, 0.3) is 15.9 Å². The molecule has 1 aliphatic rings. The van der Waals surface area contributed by atoms with Gasteiger partial charge in [-0.15, -0.1) is 0 Å². The molecular weight excluding hydrogens is 364 g/mol. The monoisotopic (exact) mass is 388 g/mol. The van der Waals surface area contributed by atoms with Gasteiger partial charge in [-0.25, -0.2) is 8.42 Å². The van der Waals surface area contributed by atoms with Crippen LogP contribution in [0.2, 0.25) is 0 Å². The Balaban J connectivity index is 2.05. The number of amides is 1. The van der Waals surface area contributed by atoms with Crippen LogP contribution in [0.3, 0.4) is 0 Å². The standard InChI is InChI=1S/C20H24N2O4S/c1-11-12(2)14(4)19(15(5)13(11)3)27(24,25)22-16-6-7-18-17(10-16)20(23)21-8-9-26-18/h6-7,10,22H,8-9H2,1-5H3,(H,21,23). The van der Waals surface area contributed by atoms with Crippen LogP contribution in [-0.4, -0.2) is 27.5 Å². The Morgan fingerprint density at radius 1 is 0.963 bits per heavy atom. The van der Waals surface area contributed by atoms with E-state index in [1.165, 1.54) is 6.07 Å². The quantitative estimate of drug-likeness (QED) is 0.846. The van der Waals surface area contributed by atoms with E-state index in [1.54, 1.807) is 12.1 Å². The van der Waals surface area contributed by atoms with E-state index < -0.39 is 10.0 Å². The van der Waals surface area contributed by atoms with Crippen molar-refractivity contribution in [2.75, 3.05) is 17.9 Å². The molecule has 7 heteroatoms. The Bertz CT molecular complexity index is 1010. The predicted molar refractivity (Wildman–Crippen MR) is 105 cm³/mol. The Morgan fingerprint density at radius 2 is 1.56 bits per heavy atom. The van der Waals surface area contributed by atoms with Gasteiger partial charge in [0.15, 0.2) is 0 Å². The summed E-state index contributed by atoms with van der Waals surface area (Å²) < 4.78 is 34.4. The summed E-state index contributed by atoms with van der Waals surface area (Å²) in [4.78, 5) is 12.5. The summed E-state index contributed by atoms with van der Waals surface area (Å²) in [6, 6.07) is 4.73. The van der Waals surface area contributed by atoms with Crippen molar-refractivity contribution < 1.29 is 17.9 Å². The highest BCUT2D eigenvalue weighted by molar-refractivity contribution is 7.92. The molecule has 0 spiro atoms.